The van der Waals surface area contributed by atoms with Crippen LogP contribution in [0.5, 0.6) is 0 Å². The standard InChI is InChI=1S/C18H32N4O2/c1-14-5-3-6-15(13-14)9-10-20-18(19-2)21-11-12-22-16(23)7-4-8-17(22)24/h14-15H,3-13H2,1-2H3,(H2,19,20,21). The fourth-order valence-electron chi connectivity index (χ4n) is 3.77. The summed E-state index contributed by atoms with van der Waals surface area (Å²) in [5, 5.41) is 6.54. The van der Waals surface area contributed by atoms with E-state index in [4.69, 9.17) is 0 Å². The molecule has 1 aliphatic carbocycles. The number of rotatable bonds is 6. The van der Waals surface area contributed by atoms with Crippen molar-refractivity contribution >= 4 is 17.8 Å². The van der Waals surface area contributed by atoms with Crippen LogP contribution in [0.4, 0.5) is 0 Å². The van der Waals surface area contributed by atoms with Crippen molar-refractivity contribution in [3.05, 3.63) is 0 Å². The molecule has 1 heterocycles. The monoisotopic (exact) mass is 336 g/mol. The van der Waals surface area contributed by atoms with Crippen LogP contribution in [-0.4, -0.2) is 49.4 Å². The zero-order valence-electron chi connectivity index (χ0n) is 15.1. The highest BCUT2D eigenvalue weighted by Gasteiger charge is 2.25. The number of hydrogen-bond donors (Lipinski definition) is 2. The van der Waals surface area contributed by atoms with E-state index in [0.717, 1.165) is 24.3 Å². The lowest BCUT2D eigenvalue weighted by Crippen LogP contribution is -2.46. The molecule has 6 heteroatoms. The zero-order valence-corrected chi connectivity index (χ0v) is 15.1. The maximum Gasteiger partial charge on any atom is 0.229 e. The van der Waals surface area contributed by atoms with Crippen LogP contribution in [0.2, 0.25) is 0 Å². The van der Waals surface area contributed by atoms with Crippen molar-refractivity contribution < 1.29 is 9.59 Å². The van der Waals surface area contributed by atoms with Gasteiger partial charge in [0.1, 0.15) is 0 Å². The second-order valence-corrected chi connectivity index (χ2v) is 7.14. The summed E-state index contributed by atoms with van der Waals surface area (Å²) in [5.41, 5.74) is 0. The van der Waals surface area contributed by atoms with Gasteiger partial charge in [0.15, 0.2) is 5.96 Å². The summed E-state index contributed by atoms with van der Waals surface area (Å²) in [6.07, 6.45) is 8.25. The van der Waals surface area contributed by atoms with E-state index in [1.54, 1.807) is 7.05 Å². The number of amides is 2. The number of imide groups is 1. The van der Waals surface area contributed by atoms with E-state index in [1.807, 2.05) is 0 Å². The first kappa shape index (κ1) is 18.7. The third-order valence-electron chi connectivity index (χ3n) is 5.12. The molecule has 6 nitrogen and oxygen atoms in total. The lowest BCUT2D eigenvalue weighted by atomic mass is 9.81. The minimum atomic E-state index is -0.0533. The van der Waals surface area contributed by atoms with E-state index in [0.29, 0.717) is 32.4 Å². The van der Waals surface area contributed by atoms with Crippen LogP contribution in [0.15, 0.2) is 4.99 Å². The molecule has 0 aromatic carbocycles. The van der Waals surface area contributed by atoms with Gasteiger partial charge in [0.05, 0.1) is 0 Å². The Morgan fingerprint density at radius 3 is 2.50 bits per heavy atom. The Labute approximate surface area is 145 Å². The molecule has 0 spiro atoms. The maximum absolute atomic E-state index is 11.8. The minimum absolute atomic E-state index is 0.0533. The summed E-state index contributed by atoms with van der Waals surface area (Å²) < 4.78 is 0. The van der Waals surface area contributed by atoms with Crippen molar-refractivity contribution in [1.29, 1.82) is 0 Å². The number of carbonyl (C=O) groups is 2. The van der Waals surface area contributed by atoms with Gasteiger partial charge in [0, 0.05) is 39.5 Å². The van der Waals surface area contributed by atoms with E-state index >= 15 is 0 Å². The molecular formula is C18H32N4O2. The van der Waals surface area contributed by atoms with Crippen LogP contribution in [0.25, 0.3) is 0 Å². The van der Waals surface area contributed by atoms with Gasteiger partial charge < -0.3 is 10.6 Å². The molecule has 2 rings (SSSR count). The molecule has 2 unspecified atom stereocenters. The van der Waals surface area contributed by atoms with Crippen LogP contribution >= 0.6 is 0 Å². The second kappa shape index (κ2) is 9.64. The molecule has 0 aromatic rings. The minimum Gasteiger partial charge on any atom is -0.356 e. The van der Waals surface area contributed by atoms with Crippen LogP contribution < -0.4 is 10.6 Å². The lowest BCUT2D eigenvalue weighted by Gasteiger charge is -2.27. The topological polar surface area (TPSA) is 73.8 Å². The SMILES string of the molecule is CN=C(NCCC1CCCC(C)C1)NCCN1C(=O)CCCC1=O. The average Bonchev–Trinajstić information content (AvgIpc) is 2.56. The number of carbonyl (C=O) groups excluding carboxylic acids is 2. The number of aliphatic imine (C=N–C) groups is 1. The molecule has 2 aliphatic rings. The Kier molecular flexibility index (Phi) is 7.53. The number of piperidine rings is 1. The number of hydrogen-bond acceptors (Lipinski definition) is 3. The van der Waals surface area contributed by atoms with Gasteiger partial charge in [-0.2, -0.15) is 0 Å². The normalized spacial score (nSPS) is 25.8. The predicted molar refractivity (Wildman–Crippen MR) is 95.7 cm³/mol. The van der Waals surface area contributed by atoms with Crippen molar-refractivity contribution in [1.82, 2.24) is 15.5 Å². The Morgan fingerprint density at radius 1 is 1.12 bits per heavy atom. The number of nitrogens with one attached hydrogen (secondary N) is 2. The Hall–Kier alpha value is -1.59. The first-order chi connectivity index (χ1) is 11.6. The highest BCUT2D eigenvalue weighted by molar-refractivity contribution is 5.97. The van der Waals surface area contributed by atoms with Crippen LogP contribution in [0, 0.1) is 11.8 Å². The van der Waals surface area contributed by atoms with E-state index in [9.17, 15) is 9.59 Å². The number of nitrogens with zero attached hydrogens (tertiary/aromatic N) is 2. The van der Waals surface area contributed by atoms with Crippen LogP contribution in [-0.2, 0) is 9.59 Å². The smallest absolute Gasteiger partial charge is 0.229 e. The zero-order chi connectivity index (χ0) is 17.4. The number of likely N-dealkylation sites (tertiary alicyclic amines) is 1. The molecule has 2 fully saturated rings. The van der Waals surface area contributed by atoms with E-state index in [-0.39, 0.29) is 11.8 Å². The van der Waals surface area contributed by atoms with Gasteiger partial charge in [0.2, 0.25) is 11.8 Å². The third kappa shape index (κ3) is 5.80. The van der Waals surface area contributed by atoms with Gasteiger partial charge in [0.25, 0.3) is 0 Å². The highest BCUT2D eigenvalue weighted by atomic mass is 16.2. The molecule has 24 heavy (non-hydrogen) atoms. The second-order valence-electron chi connectivity index (χ2n) is 7.14. The Balaban J connectivity index is 1.63. The van der Waals surface area contributed by atoms with Crippen molar-refractivity contribution in [2.45, 2.75) is 58.3 Å². The maximum atomic E-state index is 11.8. The summed E-state index contributed by atoms with van der Waals surface area (Å²) in [4.78, 5) is 29.1. The van der Waals surface area contributed by atoms with E-state index in [2.05, 4.69) is 22.5 Å². The fraction of sp³-hybridized carbons (Fsp3) is 0.833. The molecule has 2 N–H and O–H groups in total. The third-order valence-corrected chi connectivity index (χ3v) is 5.12. The van der Waals surface area contributed by atoms with Gasteiger partial charge >= 0.3 is 0 Å². The summed E-state index contributed by atoms with van der Waals surface area (Å²) in [6.45, 7) is 4.22. The highest BCUT2D eigenvalue weighted by Crippen LogP contribution is 2.30. The van der Waals surface area contributed by atoms with Gasteiger partial charge in [-0.05, 0) is 31.1 Å². The quantitative estimate of drug-likeness (QED) is 0.441. The van der Waals surface area contributed by atoms with Gasteiger partial charge in [-0.3, -0.25) is 19.5 Å². The first-order valence-corrected chi connectivity index (χ1v) is 9.38. The van der Waals surface area contributed by atoms with E-state index < -0.39 is 0 Å². The average molecular weight is 336 g/mol. The molecule has 136 valence electrons. The molecule has 1 saturated carbocycles. The van der Waals surface area contributed by atoms with Crippen molar-refractivity contribution in [3.8, 4) is 0 Å². The van der Waals surface area contributed by atoms with Crippen molar-refractivity contribution in [2.75, 3.05) is 26.7 Å². The van der Waals surface area contributed by atoms with Crippen LogP contribution in [0.3, 0.4) is 0 Å². The number of guanidine groups is 1. The van der Waals surface area contributed by atoms with E-state index in [1.165, 1.54) is 37.0 Å². The first-order valence-electron chi connectivity index (χ1n) is 9.38. The van der Waals surface area contributed by atoms with Crippen molar-refractivity contribution in [3.63, 3.8) is 0 Å². The summed E-state index contributed by atoms with van der Waals surface area (Å²) >= 11 is 0. The predicted octanol–water partition coefficient (Wildman–Crippen LogP) is 1.91. The van der Waals surface area contributed by atoms with Crippen LogP contribution in [0.1, 0.15) is 58.3 Å². The Bertz CT molecular complexity index is 448. The fourth-order valence-corrected chi connectivity index (χ4v) is 3.77. The van der Waals surface area contributed by atoms with Gasteiger partial charge in [-0.1, -0.05) is 26.2 Å². The summed E-state index contributed by atoms with van der Waals surface area (Å²) in [6, 6.07) is 0. The Morgan fingerprint density at radius 2 is 1.83 bits per heavy atom. The molecule has 2 atom stereocenters. The molecule has 2 amide bonds. The molecule has 0 radical (unpaired) electrons. The molecular weight excluding hydrogens is 304 g/mol. The molecule has 0 bridgehead atoms. The molecule has 1 saturated heterocycles. The lowest BCUT2D eigenvalue weighted by molar-refractivity contribution is -0.147. The molecule has 0 aromatic heterocycles. The summed E-state index contributed by atoms with van der Waals surface area (Å²) in [7, 11) is 1.75. The van der Waals surface area contributed by atoms with Gasteiger partial charge in [-0.15, -0.1) is 0 Å². The van der Waals surface area contributed by atoms with Crippen molar-refractivity contribution in [2.24, 2.45) is 16.8 Å². The van der Waals surface area contributed by atoms with Gasteiger partial charge in [-0.25, -0.2) is 0 Å². The summed E-state index contributed by atoms with van der Waals surface area (Å²) in [5.74, 6) is 2.32. The largest absolute Gasteiger partial charge is 0.356 e. The molecule has 1 aliphatic heterocycles.